The van der Waals surface area contributed by atoms with Crippen LogP contribution in [0.1, 0.15) is 22.3 Å². The first kappa shape index (κ1) is 14.0. The van der Waals surface area contributed by atoms with Gasteiger partial charge in [0.15, 0.2) is 0 Å². The summed E-state index contributed by atoms with van der Waals surface area (Å²) in [4.78, 5) is 0. The molecule has 0 atom stereocenters. The van der Waals surface area contributed by atoms with Gasteiger partial charge in [0.25, 0.3) is 0 Å². The van der Waals surface area contributed by atoms with E-state index in [1.807, 2.05) is 0 Å². The van der Waals surface area contributed by atoms with Crippen molar-refractivity contribution in [1.29, 1.82) is 0 Å². The van der Waals surface area contributed by atoms with Gasteiger partial charge >= 0.3 is 0 Å². The average molecular weight is 274 g/mol. The number of aryl methyl sites for hydroxylation is 3. The summed E-state index contributed by atoms with van der Waals surface area (Å²) >= 11 is 5.73. The topological polar surface area (TPSA) is 12.0 Å². The Hall–Kier alpha value is -1.47. The van der Waals surface area contributed by atoms with Gasteiger partial charge in [-0.25, -0.2) is 0 Å². The van der Waals surface area contributed by atoms with Crippen LogP contribution in [0.4, 0.5) is 5.69 Å². The molecule has 0 aliphatic heterocycles. The molecule has 0 amide bonds. The predicted molar refractivity (Wildman–Crippen MR) is 84.1 cm³/mol. The van der Waals surface area contributed by atoms with Crippen LogP contribution in [0.2, 0.25) is 0 Å². The molecule has 19 heavy (non-hydrogen) atoms. The van der Waals surface area contributed by atoms with Crippen LogP contribution in [0, 0.1) is 13.8 Å². The third kappa shape index (κ3) is 4.29. The monoisotopic (exact) mass is 273 g/mol. The number of hydrogen-bond acceptors (Lipinski definition) is 1. The minimum atomic E-state index is 0.676. The molecule has 100 valence electrons. The van der Waals surface area contributed by atoms with E-state index in [-0.39, 0.29) is 0 Å². The summed E-state index contributed by atoms with van der Waals surface area (Å²) in [6.45, 7) is 5.13. The highest BCUT2D eigenvalue weighted by Gasteiger charge is 1.97. The predicted octanol–water partition coefficient (Wildman–Crippen LogP) is 4.70. The van der Waals surface area contributed by atoms with E-state index >= 15 is 0 Å². The summed E-state index contributed by atoms with van der Waals surface area (Å²) in [6, 6.07) is 15.1. The molecule has 2 aromatic rings. The van der Waals surface area contributed by atoms with Gasteiger partial charge in [-0.05, 0) is 43.5 Å². The second-order valence-electron chi connectivity index (χ2n) is 4.99. The molecule has 0 radical (unpaired) electrons. The van der Waals surface area contributed by atoms with Crippen molar-refractivity contribution in [3.05, 3.63) is 64.7 Å². The van der Waals surface area contributed by atoms with Crippen LogP contribution in [0.3, 0.4) is 0 Å². The van der Waals surface area contributed by atoms with Crippen LogP contribution in [0.15, 0.2) is 42.5 Å². The van der Waals surface area contributed by atoms with Gasteiger partial charge in [-0.2, -0.15) is 0 Å². The van der Waals surface area contributed by atoms with Gasteiger partial charge < -0.3 is 5.32 Å². The van der Waals surface area contributed by atoms with Gasteiger partial charge in [-0.3, -0.25) is 0 Å². The Morgan fingerprint density at radius 3 is 2.11 bits per heavy atom. The lowest BCUT2D eigenvalue weighted by atomic mass is 10.1. The van der Waals surface area contributed by atoms with Gasteiger partial charge in [0.2, 0.25) is 0 Å². The molecule has 0 heterocycles. The largest absolute Gasteiger partial charge is 0.381 e. The Morgan fingerprint density at radius 2 is 1.53 bits per heavy atom. The van der Waals surface area contributed by atoms with E-state index in [2.05, 4.69) is 61.6 Å². The fourth-order valence-electron chi connectivity index (χ4n) is 2.27. The number of halogens is 1. The number of nitrogens with one attached hydrogen (secondary N) is 1. The van der Waals surface area contributed by atoms with Gasteiger partial charge in [0, 0.05) is 18.1 Å². The Bertz CT molecular complexity index is 511. The molecule has 0 unspecified atom stereocenters. The Labute approximate surface area is 120 Å². The van der Waals surface area contributed by atoms with E-state index in [0.717, 1.165) is 18.7 Å². The van der Waals surface area contributed by atoms with Crippen LogP contribution >= 0.6 is 11.6 Å². The van der Waals surface area contributed by atoms with E-state index in [1.54, 1.807) is 0 Å². The van der Waals surface area contributed by atoms with E-state index in [9.17, 15) is 0 Å². The van der Waals surface area contributed by atoms with Crippen molar-refractivity contribution in [2.45, 2.75) is 26.8 Å². The lowest BCUT2D eigenvalue weighted by Gasteiger charge is -2.09. The van der Waals surface area contributed by atoms with Crippen molar-refractivity contribution in [1.82, 2.24) is 0 Å². The van der Waals surface area contributed by atoms with Crippen molar-refractivity contribution in [2.24, 2.45) is 0 Å². The normalized spacial score (nSPS) is 10.5. The minimum Gasteiger partial charge on any atom is -0.381 e. The second-order valence-corrected chi connectivity index (χ2v) is 5.36. The molecule has 2 heteroatoms. The highest BCUT2D eigenvalue weighted by atomic mass is 35.5. The van der Waals surface area contributed by atoms with Crippen LogP contribution in [0.25, 0.3) is 0 Å². The van der Waals surface area contributed by atoms with Crippen molar-refractivity contribution >= 4 is 17.3 Å². The molecule has 0 aliphatic carbocycles. The minimum absolute atomic E-state index is 0.676. The fourth-order valence-corrected chi connectivity index (χ4v) is 2.49. The van der Waals surface area contributed by atoms with Crippen molar-refractivity contribution in [2.75, 3.05) is 11.2 Å². The summed E-state index contributed by atoms with van der Waals surface area (Å²) in [6.07, 6.45) is 0.929. The van der Waals surface area contributed by atoms with Gasteiger partial charge in [0.05, 0.1) is 0 Å². The quantitative estimate of drug-likeness (QED) is 0.779. The van der Waals surface area contributed by atoms with Crippen molar-refractivity contribution < 1.29 is 0 Å². The molecule has 0 fully saturated rings. The zero-order valence-corrected chi connectivity index (χ0v) is 12.3. The van der Waals surface area contributed by atoms with E-state index < -0.39 is 0 Å². The van der Waals surface area contributed by atoms with Crippen LogP contribution in [-0.2, 0) is 13.0 Å². The Kier molecular flexibility index (Phi) is 4.86. The first-order chi connectivity index (χ1) is 9.17. The molecule has 2 rings (SSSR count). The number of hydrogen-bond donors (Lipinski definition) is 1. The summed E-state index contributed by atoms with van der Waals surface area (Å²) in [7, 11) is 0. The molecule has 0 aliphatic rings. The molecule has 0 aromatic heterocycles. The fraction of sp³-hybridized carbons (Fsp3) is 0.294. The maximum atomic E-state index is 5.73. The number of benzene rings is 2. The molecular weight excluding hydrogens is 254 g/mol. The lowest BCUT2D eigenvalue weighted by Crippen LogP contribution is -2.00. The molecule has 0 saturated heterocycles. The molecule has 1 nitrogen and oxygen atoms in total. The molecule has 2 aromatic carbocycles. The van der Waals surface area contributed by atoms with Crippen molar-refractivity contribution in [3.8, 4) is 0 Å². The molecular formula is C17H20ClN. The van der Waals surface area contributed by atoms with Crippen LogP contribution < -0.4 is 5.32 Å². The number of alkyl halides is 1. The Morgan fingerprint density at radius 1 is 0.895 bits per heavy atom. The zero-order chi connectivity index (χ0) is 13.7. The van der Waals surface area contributed by atoms with Crippen molar-refractivity contribution in [3.63, 3.8) is 0 Å². The number of rotatable bonds is 5. The average Bonchev–Trinajstić information content (AvgIpc) is 2.37. The molecule has 0 saturated carbocycles. The number of anilines is 1. The standard InChI is InChI=1S/C17H20ClN/c1-13-9-14(2)11-16(10-13)12-19-17-5-3-15(4-6-17)7-8-18/h3-6,9-11,19H,7-8,12H2,1-2H3. The van der Waals surface area contributed by atoms with E-state index in [4.69, 9.17) is 11.6 Å². The first-order valence-corrected chi connectivity index (χ1v) is 7.17. The second kappa shape index (κ2) is 6.63. The van der Waals surface area contributed by atoms with Crippen LogP contribution in [-0.4, -0.2) is 5.88 Å². The highest BCUT2D eigenvalue weighted by Crippen LogP contribution is 2.14. The lowest BCUT2D eigenvalue weighted by molar-refractivity contribution is 1.12. The van der Waals surface area contributed by atoms with Gasteiger partial charge in [-0.15, -0.1) is 11.6 Å². The SMILES string of the molecule is Cc1cc(C)cc(CNc2ccc(CCCl)cc2)c1. The summed E-state index contributed by atoms with van der Waals surface area (Å²) in [5.74, 6) is 0.676. The maximum Gasteiger partial charge on any atom is 0.0400 e. The first-order valence-electron chi connectivity index (χ1n) is 6.63. The summed E-state index contributed by atoms with van der Waals surface area (Å²) in [5.41, 5.74) is 6.38. The van der Waals surface area contributed by atoms with Gasteiger partial charge in [-0.1, -0.05) is 41.5 Å². The maximum absolute atomic E-state index is 5.73. The molecule has 0 spiro atoms. The zero-order valence-electron chi connectivity index (χ0n) is 11.5. The summed E-state index contributed by atoms with van der Waals surface area (Å²) in [5, 5.41) is 3.45. The molecule has 0 bridgehead atoms. The smallest absolute Gasteiger partial charge is 0.0400 e. The summed E-state index contributed by atoms with van der Waals surface area (Å²) < 4.78 is 0. The van der Waals surface area contributed by atoms with E-state index in [0.29, 0.717) is 5.88 Å². The molecule has 1 N–H and O–H groups in total. The Balaban J connectivity index is 1.98. The van der Waals surface area contributed by atoms with Gasteiger partial charge in [0.1, 0.15) is 0 Å². The van der Waals surface area contributed by atoms with Crippen LogP contribution in [0.5, 0.6) is 0 Å². The highest BCUT2D eigenvalue weighted by molar-refractivity contribution is 6.17. The third-order valence-electron chi connectivity index (χ3n) is 3.12. The third-order valence-corrected chi connectivity index (χ3v) is 3.30. The van der Waals surface area contributed by atoms with E-state index in [1.165, 1.54) is 22.3 Å².